The van der Waals surface area contributed by atoms with Crippen LogP contribution < -0.4 is 0 Å². The zero-order chi connectivity index (χ0) is 38.7. The summed E-state index contributed by atoms with van der Waals surface area (Å²) in [5, 5.41) is 0. The van der Waals surface area contributed by atoms with Gasteiger partial charge in [-0.3, -0.25) is 14.4 Å². The van der Waals surface area contributed by atoms with E-state index in [1.807, 2.05) is 0 Å². The number of unbranched alkanes of at least 4 members (excludes halogenated alkanes) is 23. The van der Waals surface area contributed by atoms with Gasteiger partial charge in [-0.05, 0) is 57.8 Å². The molecule has 0 fully saturated rings. The van der Waals surface area contributed by atoms with Crippen molar-refractivity contribution in [3.05, 3.63) is 36.5 Å². The molecule has 1 atom stereocenters. The fraction of sp³-hybridized carbons (Fsp3) is 0.809. The van der Waals surface area contributed by atoms with E-state index in [2.05, 4.69) is 57.2 Å². The minimum absolute atomic E-state index is 0.0812. The number of esters is 3. The number of rotatable bonds is 40. The lowest BCUT2D eigenvalue weighted by Gasteiger charge is -2.18. The fourth-order valence-corrected chi connectivity index (χ4v) is 6.21. The molecule has 0 amide bonds. The van der Waals surface area contributed by atoms with E-state index in [1.165, 1.54) is 116 Å². The summed E-state index contributed by atoms with van der Waals surface area (Å²) in [6.07, 6.45) is 47.0. The molecule has 53 heavy (non-hydrogen) atoms. The van der Waals surface area contributed by atoms with Crippen molar-refractivity contribution in [2.45, 2.75) is 232 Å². The number of allylic oxidation sites excluding steroid dienone is 6. The molecule has 0 heterocycles. The van der Waals surface area contributed by atoms with E-state index in [0.717, 1.165) is 70.6 Å². The van der Waals surface area contributed by atoms with E-state index < -0.39 is 6.10 Å². The molecule has 6 nitrogen and oxygen atoms in total. The van der Waals surface area contributed by atoms with Gasteiger partial charge in [0.15, 0.2) is 6.10 Å². The van der Waals surface area contributed by atoms with Gasteiger partial charge in [0.25, 0.3) is 0 Å². The standard InChI is InChI=1S/C47H84O6/c1-4-7-10-13-16-19-22-23-24-25-26-29-31-34-37-40-46(49)52-43-44(53-47(50)41-38-35-32-28-21-18-15-12-9-6-3)42-51-45(48)39-36-33-30-27-20-17-14-11-8-5-2/h16,19,23-24,26,29,44H,4-15,17-18,20-22,25,27-28,30-43H2,1-3H3/b19-16-,24-23-,29-26-/t44-/m1/s1. The van der Waals surface area contributed by atoms with E-state index in [-0.39, 0.29) is 31.1 Å². The zero-order valence-corrected chi connectivity index (χ0v) is 35.0. The smallest absolute Gasteiger partial charge is 0.306 e. The van der Waals surface area contributed by atoms with Gasteiger partial charge in [0.1, 0.15) is 13.2 Å². The number of hydrogen-bond acceptors (Lipinski definition) is 6. The van der Waals surface area contributed by atoms with Gasteiger partial charge >= 0.3 is 17.9 Å². The maximum atomic E-state index is 12.7. The predicted octanol–water partition coefficient (Wildman–Crippen LogP) is 14.2. The number of carbonyl (C=O) groups is 3. The zero-order valence-electron chi connectivity index (χ0n) is 35.0. The minimum Gasteiger partial charge on any atom is -0.462 e. The Morgan fingerprint density at radius 1 is 0.377 bits per heavy atom. The van der Waals surface area contributed by atoms with Crippen molar-refractivity contribution in [1.29, 1.82) is 0 Å². The van der Waals surface area contributed by atoms with Gasteiger partial charge in [0.05, 0.1) is 0 Å². The van der Waals surface area contributed by atoms with Crippen molar-refractivity contribution in [1.82, 2.24) is 0 Å². The van der Waals surface area contributed by atoms with E-state index in [0.29, 0.717) is 19.3 Å². The van der Waals surface area contributed by atoms with Crippen LogP contribution in [0.3, 0.4) is 0 Å². The van der Waals surface area contributed by atoms with Crippen LogP contribution in [-0.4, -0.2) is 37.2 Å². The molecule has 0 saturated carbocycles. The number of hydrogen-bond donors (Lipinski definition) is 0. The van der Waals surface area contributed by atoms with Gasteiger partial charge in [-0.25, -0.2) is 0 Å². The Bertz CT molecular complexity index is 907. The first-order valence-electron chi connectivity index (χ1n) is 22.5. The minimum atomic E-state index is -0.779. The molecule has 0 aliphatic carbocycles. The van der Waals surface area contributed by atoms with Gasteiger partial charge in [-0.1, -0.05) is 186 Å². The Labute approximate surface area is 327 Å². The van der Waals surface area contributed by atoms with Gasteiger partial charge < -0.3 is 14.2 Å². The quantitative estimate of drug-likeness (QED) is 0.0269. The first-order chi connectivity index (χ1) is 26.0. The van der Waals surface area contributed by atoms with Crippen molar-refractivity contribution in [3.63, 3.8) is 0 Å². The highest BCUT2D eigenvalue weighted by Gasteiger charge is 2.19. The first kappa shape index (κ1) is 50.6. The Kier molecular flexibility index (Phi) is 40.5. The van der Waals surface area contributed by atoms with Gasteiger partial charge in [-0.2, -0.15) is 0 Å². The molecule has 0 aromatic rings. The van der Waals surface area contributed by atoms with Crippen molar-refractivity contribution in [2.75, 3.05) is 13.2 Å². The largest absolute Gasteiger partial charge is 0.462 e. The van der Waals surface area contributed by atoms with Gasteiger partial charge in [0.2, 0.25) is 0 Å². The molecule has 308 valence electrons. The highest BCUT2D eigenvalue weighted by molar-refractivity contribution is 5.71. The lowest BCUT2D eigenvalue weighted by atomic mass is 10.1. The summed E-state index contributed by atoms with van der Waals surface area (Å²) < 4.78 is 16.6. The van der Waals surface area contributed by atoms with Gasteiger partial charge in [-0.15, -0.1) is 0 Å². The molecule has 0 bridgehead atoms. The van der Waals surface area contributed by atoms with E-state index in [4.69, 9.17) is 14.2 Å². The predicted molar refractivity (Wildman–Crippen MR) is 224 cm³/mol. The molecule has 0 saturated heterocycles. The van der Waals surface area contributed by atoms with Crippen LogP contribution in [0.2, 0.25) is 0 Å². The molecule has 0 aromatic heterocycles. The van der Waals surface area contributed by atoms with Crippen LogP contribution in [-0.2, 0) is 28.6 Å². The lowest BCUT2D eigenvalue weighted by molar-refractivity contribution is -0.167. The molecule has 0 aliphatic rings. The van der Waals surface area contributed by atoms with Crippen LogP contribution in [0.25, 0.3) is 0 Å². The summed E-state index contributed by atoms with van der Waals surface area (Å²) in [7, 11) is 0. The Morgan fingerprint density at radius 2 is 0.679 bits per heavy atom. The summed E-state index contributed by atoms with van der Waals surface area (Å²) in [5.74, 6) is -0.922. The molecular formula is C47H84O6. The summed E-state index contributed by atoms with van der Waals surface area (Å²) in [6, 6.07) is 0. The van der Waals surface area contributed by atoms with Crippen LogP contribution in [0.1, 0.15) is 226 Å². The maximum Gasteiger partial charge on any atom is 0.306 e. The molecule has 0 radical (unpaired) electrons. The normalized spacial score (nSPS) is 12.3. The summed E-state index contributed by atoms with van der Waals surface area (Å²) in [6.45, 7) is 6.54. The third-order valence-electron chi connectivity index (χ3n) is 9.65. The number of ether oxygens (including phenoxy) is 3. The van der Waals surface area contributed by atoms with Crippen molar-refractivity contribution in [3.8, 4) is 0 Å². The lowest BCUT2D eigenvalue weighted by Crippen LogP contribution is -2.30. The van der Waals surface area contributed by atoms with Crippen molar-refractivity contribution < 1.29 is 28.6 Å². The van der Waals surface area contributed by atoms with Crippen LogP contribution in [0.15, 0.2) is 36.5 Å². The van der Waals surface area contributed by atoms with Crippen LogP contribution in [0.4, 0.5) is 0 Å². The molecular weight excluding hydrogens is 661 g/mol. The monoisotopic (exact) mass is 745 g/mol. The summed E-state index contributed by atoms with van der Waals surface area (Å²) >= 11 is 0. The summed E-state index contributed by atoms with van der Waals surface area (Å²) in [5.41, 5.74) is 0. The number of carbonyl (C=O) groups excluding carboxylic acids is 3. The summed E-state index contributed by atoms with van der Waals surface area (Å²) in [4.78, 5) is 37.6. The molecule has 0 aliphatic heterocycles. The Morgan fingerprint density at radius 3 is 1.09 bits per heavy atom. The second kappa shape index (κ2) is 42.4. The molecule has 0 spiro atoms. The van der Waals surface area contributed by atoms with E-state index in [1.54, 1.807) is 0 Å². The third-order valence-corrected chi connectivity index (χ3v) is 9.65. The average molecular weight is 745 g/mol. The second-order valence-electron chi connectivity index (χ2n) is 15.0. The second-order valence-corrected chi connectivity index (χ2v) is 15.0. The van der Waals surface area contributed by atoms with Crippen LogP contribution >= 0.6 is 0 Å². The first-order valence-corrected chi connectivity index (χ1v) is 22.5. The van der Waals surface area contributed by atoms with Crippen LogP contribution in [0.5, 0.6) is 0 Å². The highest BCUT2D eigenvalue weighted by atomic mass is 16.6. The third kappa shape index (κ3) is 40.6. The maximum absolute atomic E-state index is 12.7. The van der Waals surface area contributed by atoms with E-state index in [9.17, 15) is 14.4 Å². The highest BCUT2D eigenvalue weighted by Crippen LogP contribution is 2.14. The Hall–Kier alpha value is -2.37. The molecule has 0 rings (SSSR count). The molecule has 6 heteroatoms. The molecule has 0 N–H and O–H groups in total. The van der Waals surface area contributed by atoms with Crippen molar-refractivity contribution in [2.24, 2.45) is 0 Å². The fourth-order valence-electron chi connectivity index (χ4n) is 6.21. The molecule has 0 aromatic carbocycles. The van der Waals surface area contributed by atoms with E-state index >= 15 is 0 Å². The topological polar surface area (TPSA) is 78.9 Å². The Balaban J connectivity index is 4.40. The SMILES string of the molecule is CCCCC/C=C\C/C=C\C/C=C\CCCCC(=O)OC[C@@H](COC(=O)CCCCCCCCCCCC)OC(=O)CCCCCCCCCCCC. The van der Waals surface area contributed by atoms with Crippen molar-refractivity contribution >= 4 is 17.9 Å². The van der Waals surface area contributed by atoms with Gasteiger partial charge in [0, 0.05) is 19.3 Å². The molecule has 0 unspecified atom stereocenters. The average Bonchev–Trinajstić information content (AvgIpc) is 3.15. The van der Waals surface area contributed by atoms with Crippen LogP contribution in [0, 0.1) is 0 Å².